The number of carbonyl (C=O) groups excluding carboxylic acids is 3. The first-order valence-electron chi connectivity index (χ1n) is 10.0. The van der Waals surface area contributed by atoms with Crippen LogP contribution in [0.15, 0.2) is 30.3 Å². The van der Waals surface area contributed by atoms with Crippen LogP contribution in [0.4, 0.5) is 9.59 Å². The Balaban J connectivity index is 1.98. The van der Waals surface area contributed by atoms with Crippen molar-refractivity contribution >= 4 is 18.1 Å². The van der Waals surface area contributed by atoms with Crippen LogP contribution < -0.4 is 16.0 Å². The van der Waals surface area contributed by atoms with Crippen LogP contribution in [0.2, 0.25) is 0 Å². The molecule has 0 aliphatic heterocycles. The van der Waals surface area contributed by atoms with Crippen molar-refractivity contribution < 1.29 is 29.0 Å². The van der Waals surface area contributed by atoms with Crippen molar-refractivity contribution in [3.05, 3.63) is 35.9 Å². The van der Waals surface area contributed by atoms with E-state index in [-0.39, 0.29) is 12.5 Å². The van der Waals surface area contributed by atoms with Crippen LogP contribution in [-0.4, -0.2) is 47.6 Å². The van der Waals surface area contributed by atoms with E-state index in [0.29, 0.717) is 19.3 Å². The highest BCUT2D eigenvalue weighted by Crippen LogP contribution is 2.26. The smallest absolute Gasteiger partial charge is 0.407 e. The van der Waals surface area contributed by atoms with Gasteiger partial charge in [0.15, 0.2) is 0 Å². The number of amides is 3. The predicted octanol–water partition coefficient (Wildman–Crippen LogP) is 2.04. The van der Waals surface area contributed by atoms with Gasteiger partial charge in [0.2, 0.25) is 5.91 Å². The fourth-order valence-corrected chi connectivity index (χ4v) is 3.34. The molecule has 4 N–H and O–H groups in total. The first kappa shape index (κ1) is 23.5. The second kappa shape index (κ2) is 10.8. The lowest BCUT2D eigenvalue weighted by Gasteiger charge is -2.36. The molecule has 3 atom stereocenters. The molecule has 166 valence electrons. The Morgan fingerprint density at radius 3 is 2.33 bits per heavy atom. The Kier molecular flexibility index (Phi) is 8.46. The third kappa shape index (κ3) is 7.90. The third-order valence-corrected chi connectivity index (χ3v) is 4.69. The largest absolute Gasteiger partial charge is 0.445 e. The summed E-state index contributed by atoms with van der Waals surface area (Å²) < 4.78 is 10.6. The van der Waals surface area contributed by atoms with E-state index >= 15 is 0 Å². The number of aliphatic hydroxyl groups is 1. The van der Waals surface area contributed by atoms with Gasteiger partial charge < -0.3 is 30.5 Å². The van der Waals surface area contributed by atoms with E-state index in [0.717, 1.165) is 5.56 Å². The molecule has 0 spiro atoms. The zero-order valence-electron chi connectivity index (χ0n) is 17.6. The summed E-state index contributed by atoms with van der Waals surface area (Å²) in [7, 11) is 0. The standard InChI is InChI=1S/C21H31N3O6/c1-21(2,3)30-20(28)24-17-11-15(18(26)22-13-25)9-10-16(17)23-19(27)29-12-14-7-5-4-6-8-14/h4-8,15-17,25H,9-13H2,1-3H3,(H,22,26)(H,23,27)(H,24,28)/t15-,16-,17+/m0/s1. The highest BCUT2D eigenvalue weighted by atomic mass is 16.6. The molecule has 1 saturated carbocycles. The fraction of sp³-hybridized carbons (Fsp3) is 0.571. The summed E-state index contributed by atoms with van der Waals surface area (Å²) in [5.41, 5.74) is 0.185. The van der Waals surface area contributed by atoms with Crippen molar-refractivity contribution in [2.45, 2.75) is 64.3 Å². The molecule has 9 nitrogen and oxygen atoms in total. The van der Waals surface area contributed by atoms with Crippen molar-refractivity contribution in [3.8, 4) is 0 Å². The number of alkyl carbamates (subject to hydrolysis) is 2. The molecule has 1 fully saturated rings. The number of rotatable bonds is 6. The van der Waals surface area contributed by atoms with E-state index in [1.165, 1.54) is 0 Å². The van der Waals surface area contributed by atoms with Gasteiger partial charge in [-0.3, -0.25) is 4.79 Å². The van der Waals surface area contributed by atoms with Gasteiger partial charge in [0.05, 0.1) is 12.1 Å². The highest BCUT2D eigenvalue weighted by molar-refractivity contribution is 5.79. The summed E-state index contributed by atoms with van der Waals surface area (Å²) in [5.74, 6) is -0.686. The van der Waals surface area contributed by atoms with Gasteiger partial charge in [-0.2, -0.15) is 0 Å². The second-order valence-electron chi connectivity index (χ2n) is 8.27. The fourth-order valence-electron chi connectivity index (χ4n) is 3.34. The minimum atomic E-state index is -0.677. The van der Waals surface area contributed by atoms with Crippen LogP contribution in [0.25, 0.3) is 0 Å². The van der Waals surface area contributed by atoms with E-state index in [1.807, 2.05) is 30.3 Å². The van der Waals surface area contributed by atoms with Gasteiger partial charge >= 0.3 is 12.2 Å². The Morgan fingerprint density at radius 1 is 1.03 bits per heavy atom. The quantitative estimate of drug-likeness (QED) is 0.521. The Labute approximate surface area is 176 Å². The van der Waals surface area contributed by atoms with E-state index in [2.05, 4.69) is 16.0 Å². The normalized spacial score (nSPS) is 21.3. The minimum Gasteiger partial charge on any atom is -0.445 e. The summed E-state index contributed by atoms with van der Waals surface area (Å²) in [6.07, 6.45) is 0.0411. The van der Waals surface area contributed by atoms with Gasteiger partial charge in [0, 0.05) is 5.92 Å². The maximum atomic E-state index is 12.3. The first-order valence-corrected chi connectivity index (χ1v) is 10.0. The molecule has 3 amide bonds. The molecule has 1 aliphatic rings. The molecule has 0 bridgehead atoms. The topological polar surface area (TPSA) is 126 Å². The molecule has 2 rings (SSSR count). The molecule has 1 aromatic rings. The molecule has 1 aliphatic carbocycles. The molecule has 0 saturated heterocycles. The van der Waals surface area contributed by atoms with Gasteiger partial charge in [-0.1, -0.05) is 30.3 Å². The summed E-state index contributed by atoms with van der Waals surface area (Å²) in [5, 5.41) is 16.9. The predicted molar refractivity (Wildman–Crippen MR) is 109 cm³/mol. The number of hydrogen-bond donors (Lipinski definition) is 4. The van der Waals surface area contributed by atoms with E-state index < -0.39 is 42.5 Å². The van der Waals surface area contributed by atoms with Crippen LogP contribution in [0.5, 0.6) is 0 Å². The Hall–Kier alpha value is -2.81. The van der Waals surface area contributed by atoms with Crippen molar-refractivity contribution in [1.82, 2.24) is 16.0 Å². The van der Waals surface area contributed by atoms with Crippen LogP contribution >= 0.6 is 0 Å². The summed E-state index contributed by atoms with van der Waals surface area (Å²) in [4.78, 5) is 36.6. The molecule has 30 heavy (non-hydrogen) atoms. The summed E-state index contributed by atoms with van der Waals surface area (Å²) in [6.45, 7) is 4.93. The zero-order valence-corrected chi connectivity index (χ0v) is 17.6. The molecule has 9 heteroatoms. The van der Waals surface area contributed by atoms with Crippen LogP contribution in [-0.2, 0) is 20.9 Å². The van der Waals surface area contributed by atoms with Crippen molar-refractivity contribution in [2.75, 3.05) is 6.73 Å². The van der Waals surface area contributed by atoms with E-state index in [4.69, 9.17) is 14.6 Å². The van der Waals surface area contributed by atoms with Crippen LogP contribution in [0.1, 0.15) is 45.6 Å². The molecule has 0 unspecified atom stereocenters. The van der Waals surface area contributed by atoms with Crippen LogP contribution in [0.3, 0.4) is 0 Å². The lowest BCUT2D eigenvalue weighted by molar-refractivity contribution is -0.127. The lowest BCUT2D eigenvalue weighted by Crippen LogP contribution is -2.56. The average Bonchev–Trinajstić information content (AvgIpc) is 2.67. The lowest BCUT2D eigenvalue weighted by atomic mass is 9.81. The number of benzene rings is 1. The first-order chi connectivity index (χ1) is 14.2. The van der Waals surface area contributed by atoms with Gasteiger partial charge in [0.1, 0.15) is 18.9 Å². The van der Waals surface area contributed by atoms with E-state index in [9.17, 15) is 14.4 Å². The molecular weight excluding hydrogens is 390 g/mol. The maximum Gasteiger partial charge on any atom is 0.407 e. The minimum absolute atomic E-state index is 0.130. The Bertz CT molecular complexity index is 719. The van der Waals surface area contributed by atoms with Gasteiger partial charge in [-0.25, -0.2) is 9.59 Å². The maximum absolute atomic E-state index is 12.3. The summed E-state index contributed by atoms with van der Waals surface area (Å²) in [6, 6.07) is 8.36. The van der Waals surface area contributed by atoms with Crippen LogP contribution in [0, 0.1) is 5.92 Å². The zero-order chi connectivity index (χ0) is 22.1. The molecular formula is C21H31N3O6. The van der Waals surface area contributed by atoms with Gasteiger partial charge in [0.25, 0.3) is 0 Å². The van der Waals surface area contributed by atoms with Crippen molar-refractivity contribution in [1.29, 1.82) is 0 Å². The molecule has 0 radical (unpaired) electrons. The van der Waals surface area contributed by atoms with Gasteiger partial charge in [-0.15, -0.1) is 0 Å². The SMILES string of the molecule is CC(C)(C)OC(=O)N[C@@H]1C[C@@H](C(=O)NCO)CC[C@@H]1NC(=O)OCc1ccccc1. The monoisotopic (exact) mass is 421 g/mol. The Morgan fingerprint density at radius 2 is 1.70 bits per heavy atom. The number of carbonyl (C=O) groups is 3. The number of aliphatic hydroxyl groups excluding tert-OH is 1. The van der Waals surface area contributed by atoms with Gasteiger partial charge in [-0.05, 0) is 45.6 Å². The summed E-state index contributed by atoms with van der Waals surface area (Å²) >= 11 is 0. The number of hydrogen-bond acceptors (Lipinski definition) is 6. The number of ether oxygens (including phenoxy) is 2. The molecule has 1 aromatic carbocycles. The molecule has 0 aromatic heterocycles. The van der Waals surface area contributed by atoms with Crippen molar-refractivity contribution in [3.63, 3.8) is 0 Å². The second-order valence-corrected chi connectivity index (χ2v) is 8.27. The average molecular weight is 421 g/mol. The molecule has 0 heterocycles. The van der Waals surface area contributed by atoms with Crippen molar-refractivity contribution in [2.24, 2.45) is 5.92 Å². The highest BCUT2D eigenvalue weighted by Gasteiger charge is 2.36. The van der Waals surface area contributed by atoms with E-state index in [1.54, 1.807) is 20.8 Å². The third-order valence-electron chi connectivity index (χ3n) is 4.69. The number of nitrogens with one attached hydrogen (secondary N) is 3.